The molecule has 0 N–H and O–H groups in total. The molecule has 0 atom stereocenters. The fourth-order valence-electron chi connectivity index (χ4n) is 1.99. The van der Waals surface area contributed by atoms with Gasteiger partial charge in [0.05, 0.1) is 11.9 Å². The van der Waals surface area contributed by atoms with E-state index in [1.54, 1.807) is 16.9 Å². The summed E-state index contributed by atoms with van der Waals surface area (Å²) in [4.78, 5) is 4.20. The number of benzene rings is 1. The number of aryl methyl sites for hydroxylation is 1. The molecule has 0 aliphatic rings. The molecule has 0 unspecified atom stereocenters. The number of hydrogen-bond donors (Lipinski definition) is 0. The van der Waals surface area contributed by atoms with Crippen LogP contribution in [0.3, 0.4) is 0 Å². The van der Waals surface area contributed by atoms with Gasteiger partial charge >= 0.3 is 0 Å². The topological polar surface area (TPSA) is 54.0 Å². The standard InChI is InChI=1S/C14H10N4/c1-10-3-2-4-11(7-10)13-5-6-16-14-12(8-15)9-17-18(13)14/h2-7,9H,1H3. The molecule has 2 heterocycles. The maximum absolute atomic E-state index is 8.99. The van der Waals surface area contributed by atoms with E-state index in [-0.39, 0.29) is 0 Å². The Morgan fingerprint density at radius 3 is 2.94 bits per heavy atom. The summed E-state index contributed by atoms with van der Waals surface area (Å²) in [7, 11) is 0. The second kappa shape index (κ2) is 3.97. The van der Waals surface area contributed by atoms with Gasteiger partial charge in [-0.3, -0.25) is 0 Å². The number of aromatic nitrogens is 3. The van der Waals surface area contributed by atoms with Crippen molar-refractivity contribution in [3.63, 3.8) is 0 Å². The monoisotopic (exact) mass is 234 g/mol. The highest BCUT2D eigenvalue weighted by molar-refractivity contribution is 5.65. The molecule has 3 aromatic rings. The Morgan fingerprint density at radius 1 is 1.28 bits per heavy atom. The second-order valence-electron chi connectivity index (χ2n) is 4.11. The van der Waals surface area contributed by atoms with Crippen molar-refractivity contribution in [2.24, 2.45) is 0 Å². The van der Waals surface area contributed by atoms with E-state index in [0.29, 0.717) is 11.2 Å². The van der Waals surface area contributed by atoms with Crippen LogP contribution in [-0.4, -0.2) is 14.6 Å². The molecule has 1 aromatic carbocycles. The van der Waals surface area contributed by atoms with E-state index in [9.17, 15) is 0 Å². The molecule has 0 aliphatic carbocycles. The predicted molar refractivity (Wildman–Crippen MR) is 67.9 cm³/mol. The number of nitriles is 1. The molecule has 0 radical (unpaired) electrons. The molecular formula is C14H10N4. The predicted octanol–water partition coefficient (Wildman–Crippen LogP) is 2.58. The van der Waals surface area contributed by atoms with Crippen LogP contribution in [0, 0.1) is 18.3 Å². The minimum Gasteiger partial charge on any atom is -0.236 e. The van der Waals surface area contributed by atoms with Crippen molar-refractivity contribution in [3.05, 3.63) is 53.9 Å². The third-order valence-electron chi connectivity index (χ3n) is 2.84. The van der Waals surface area contributed by atoms with Gasteiger partial charge in [0.1, 0.15) is 11.6 Å². The van der Waals surface area contributed by atoms with E-state index in [2.05, 4.69) is 22.2 Å². The first-order chi connectivity index (χ1) is 8.79. The number of fused-ring (bicyclic) bond motifs is 1. The lowest BCUT2D eigenvalue weighted by Crippen LogP contribution is -1.95. The summed E-state index contributed by atoms with van der Waals surface area (Å²) < 4.78 is 1.70. The van der Waals surface area contributed by atoms with Crippen molar-refractivity contribution in [2.45, 2.75) is 6.92 Å². The van der Waals surface area contributed by atoms with Gasteiger partial charge in [-0.25, -0.2) is 9.50 Å². The Bertz CT molecular complexity index is 765. The summed E-state index contributed by atoms with van der Waals surface area (Å²) in [6.45, 7) is 2.05. The van der Waals surface area contributed by atoms with Crippen LogP contribution in [0.15, 0.2) is 42.7 Å². The molecule has 4 heteroatoms. The summed E-state index contributed by atoms with van der Waals surface area (Å²) in [5.74, 6) is 0. The molecule has 86 valence electrons. The molecule has 0 saturated carbocycles. The summed E-state index contributed by atoms with van der Waals surface area (Å²) in [6.07, 6.45) is 3.25. The maximum atomic E-state index is 8.99. The van der Waals surface area contributed by atoms with Crippen LogP contribution in [0.5, 0.6) is 0 Å². The zero-order valence-corrected chi connectivity index (χ0v) is 9.83. The lowest BCUT2D eigenvalue weighted by molar-refractivity contribution is 0.948. The van der Waals surface area contributed by atoms with Crippen molar-refractivity contribution in [2.75, 3.05) is 0 Å². The van der Waals surface area contributed by atoms with Crippen molar-refractivity contribution in [1.29, 1.82) is 5.26 Å². The first-order valence-corrected chi connectivity index (χ1v) is 5.59. The summed E-state index contributed by atoms with van der Waals surface area (Å²) in [5, 5.41) is 13.2. The molecule has 2 aromatic heterocycles. The average molecular weight is 234 g/mol. The molecule has 0 aliphatic heterocycles. The van der Waals surface area contributed by atoms with Crippen molar-refractivity contribution in [1.82, 2.24) is 14.6 Å². The maximum Gasteiger partial charge on any atom is 0.173 e. The van der Waals surface area contributed by atoms with E-state index in [4.69, 9.17) is 5.26 Å². The van der Waals surface area contributed by atoms with Crippen LogP contribution in [0.2, 0.25) is 0 Å². The number of nitrogens with zero attached hydrogens (tertiary/aromatic N) is 4. The fraction of sp³-hybridized carbons (Fsp3) is 0.0714. The summed E-state index contributed by atoms with van der Waals surface area (Å²) in [6, 6.07) is 12.2. The van der Waals surface area contributed by atoms with Gasteiger partial charge in [0.15, 0.2) is 5.65 Å². The molecule has 4 nitrogen and oxygen atoms in total. The van der Waals surface area contributed by atoms with E-state index in [1.807, 2.05) is 31.2 Å². The Labute approximate surface area is 104 Å². The SMILES string of the molecule is Cc1cccc(-c2ccnc3c(C#N)cnn23)c1. The highest BCUT2D eigenvalue weighted by Crippen LogP contribution is 2.21. The molecular weight excluding hydrogens is 224 g/mol. The van der Waals surface area contributed by atoms with Crippen molar-refractivity contribution < 1.29 is 0 Å². The van der Waals surface area contributed by atoms with Crippen molar-refractivity contribution in [3.8, 4) is 17.3 Å². The van der Waals surface area contributed by atoms with Gasteiger partial charge in [0.25, 0.3) is 0 Å². The Morgan fingerprint density at radius 2 is 2.17 bits per heavy atom. The summed E-state index contributed by atoms with van der Waals surface area (Å²) in [5.41, 5.74) is 4.27. The largest absolute Gasteiger partial charge is 0.236 e. The van der Waals surface area contributed by atoms with Gasteiger partial charge in [-0.05, 0) is 19.1 Å². The first kappa shape index (κ1) is 10.5. The first-order valence-electron chi connectivity index (χ1n) is 5.59. The third-order valence-corrected chi connectivity index (χ3v) is 2.84. The molecule has 0 saturated heterocycles. The minimum absolute atomic E-state index is 0.490. The highest BCUT2D eigenvalue weighted by atomic mass is 15.2. The van der Waals surface area contributed by atoms with Crippen LogP contribution >= 0.6 is 0 Å². The molecule has 18 heavy (non-hydrogen) atoms. The van der Waals surface area contributed by atoms with Gasteiger partial charge in [0.2, 0.25) is 0 Å². The third kappa shape index (κ3) is 1.54. The Balaban J connectivity index is 2.31. The van der Waals surface area contributed by atoms with Crippen LogP contribution in [0.4, 0.5) is 0 Å². The lowest BCUT2D eigenvalue weighted by Gasteiger charge is -2.05. The van der Waals surface area contributed by atoms with Crippen molar-refractivity contribution >= 4 is 5.65 Å². The fourth-order valence-corrected chi connectivity index (χ4v) is 1.99. The smallest absolute Gasteiger partial charge is 0.173 e. The molecule has 0 fully saturated rings. The van der Waals surface area contributed by atoms with Gasteiger partial charge < -0.3 is 0 Å². The highest BCUT2D eigenvalue weighted by Gasteiger charge is 2.09. The zero-order chi connectivity index (χ0) is 12.5. The Hall–Kier alpha value is -2.67. The lowest BCUT2D eigenvalue weighted by atomic mass is 10.1. The van der Waals surface area contributed by atoms with Gasteiger partial charge in [-0.1, -0.05) is 23.8 Å². The summed E-state index contributed by atoms with van der Waals surface area (Å²) >= 11 is 0. The minimum atomic E-state index is 0.490. The van der Waals surface area contributed by atoms with E-state index < -0.39 is 0 Å². The quantitative estimate of drug-likeness (QED) is 0.650. The van der Waals surface area contributed by atoms with Crippen LogP contribution in [0.1, 0.15) is 11.1 Å². The normalized spacial score (nSPS) is 10.4. The van der Waals surface area contributed by atoms with Crippen LogP contribution in [-0.2, 0) is 0 Å². The van der Waals surface area contributed by atoms with Crippen LogP contribution in [0.25, 0.3) is 16.9 Å². The molecule has 3 rings (SSSR count). The average Bonchev–Trinajstić information content (AvgIpc) is 2.81. The molecule has 0 bridgehead atoms. The molecule has 0 spiro atoms. The Kier molecular flexibility index (Phi) is 2.31. The van der Waals surface area contributed by atoms with Gasteiger partial charge in [-0.15, -0.1) is 0 Å². The van der Waals surface area contributed by atoms with Crippen LogP contribution < -0.4 is 0 Å². The number of rotatable bonds is 1. The van der Waals surface area contributed by atoms with Gasteiger partial charge in [-0.2, -0.15) is 10.4 Å². The zero-order valence-electron chi connectivity index (χ0n) is 9.83. The molecule has 0 amide bonds. The number of hydrogen-bond acceptors (Lipinski definition) is 3. The van der Waals surface area contributed by atoms with Gasteiger partial charge in [0, 0.05) is 11.8 Å². The van der Waals surface area contributed by atoms with E-state index in [0.717, 1.165) is 11.3 Å². The van der Waals surface area contributed by atoms with E-state index >= 15 is 0 Å². The van der Waals surface area contributed by atoms with E-state index in [1.165, 1.54) is 5.56 Å². The second-order valence-corrected chi connectivity index (χ2v) is 4.11.